The number of carbonyl (C=O) groups is 1. The van der Waals surface area contributed by atoms with Crippen LogP contribution in [0, 0.1) is 0 Å². The molecule has 0 aliphatic carbocycles. The predicted octanol–water partition coefficient (Wildman–Crippen LogP) is 4.61. The molecule has 3 aromatic rings. The molecule has 28 heavy (non-hydrogen) atoms. The fourth-order valence-electron chi connectivity index (χ4n) is 3.57. The summed E-state index contributed by atoms with van der Waals surface area (Å²) in [4.78, 5) is 24.5. The van der Waals surface area contributed by atoms with E-state index in [4.69, 9.17) is 0 Å². The minimum absolute atomic E-state index is 0.141. The van der Waals surface area contributed by atoms with E-state index in [0.29, 0.717) is 5.92 Å². The van der Waals surface area contributed by atoms with Gasteiger partial charge in [0.15, 0.2) is 0 Å². The van der Waals surface area contributed by atoms with Crippen molar-refractivity contribution in [3.05, 3.63) is 47.6 Å². The van der Waals surface area contributed by atoms with Gasteiger partial charge in [0.1, 0.15) is 17.0 Å². The summed E-state index contributed by atoms with van der Waals surface area (Å²) < 4.78 is 0. The molecule has 0 unspecified atom stereocenters. The number of aromatic nitrogens is 2. The van der Waals surface area contributed by atoms with Crippen LogP contribution in [0.5, 0.6) is 0 Å². The van der Waals surface area contributed by atoms with E-state index in [-0.39, 0.29) is 12.1 Å². The number of benzene rings is 1. The van der Waals surface area contributed by atoms with E-state index in [0.717, 1.165) is 47.7 Å². The highest BCUT2D eigenvalue weighted by atomic mass is 32.1. The number of carbonyl (C=O) groups excluding carboxylic acids is 1. The van der Waals surface area contributed by atoms with Gasteiger partial charge in [0, 0.05) is 24.8 Å². The second-order valence-corrected chi connectivity index (χ2v) is 8.37. The largest absolute Gasteiger partial charge is 0.356 e. The number of amides is 2. The summed E-state index contributed by atoms with van der Waals surface area (Å²) in [5, 5.41) is 9.20. The fourth-order valence-corrected chi connectivity index (χ4v) is 4.30. The lowest BCUT2D eigenvalue weighted by atomic mass is 10.0. The van der Waals surface area contributed by atoms with Crippen molar-refractivity contribution < 1.29 is 4.79 Å². The Morgan fingerprint density at radius 3 is 2.61 bits per heavy atom. The number of hydrogen-bond acceptors (Lipinski definition) is 5. The van der Waals surface area contributed by atoms with Gasteiger partial charge in [0.2, 0.25) is 0 Å². The molecule has 2 aromatic heterocycles. The maximum absolute atomic E-state index is 12.3. The molecule has 6 nitrogen and oxygen atoms in total. The minimum atomic E-state index is -0.141. The molecule has 1 aliphatic rings. The highest BCUT2D eigenvalue weighted by Gasteiger charge is 2.23. The lowest BCUT2D eigenvalue weighted by Crippen LogP contribution is -2.46. The van der Waals surface area contributed by atoms with E-state index in [1.54, 1.807) is 17.7 Å². The fraction of sp³-hybridized carbons (Fsp3) is 0.381. The van der Waals surface area contributed by atoms with Crippen LogP contribution in [0.3, 0.4) is 0 Å². The van der Waals surface area contributed by atoms with Gasteiger partial charge in [0.25, 0.3) is 0 Å². The van der Waals surface area contributed by atoms with Crippen LogP contribution in [-0.4, -0.2) is 35.1 Å². The van der Waals surface area contributed by atoms with Gasteiger partial charge in [-0.2, -0.15) is 0 Å². The zero-order valence-corrected chi connectivity index (χ0v) is 17.0. The van der Waals surface area contributed by atoms with Gasteiger partial charge in [-0.15, -0.1) is 11.3 Å². The quantitative estimate of drug-likeness (QED) is 0.677. The maximum Gasteiger partial charge on any atom is 0.319 e. The van der Waals surface area contributed by atoms with Crippen LogP contribution in [-0.2, 0) is 0 Å². The predicted molar refractivity (Wildman–Crippen MR) is 115 cm³/mol. The van der Waals surface area contributed by atoms with Crippen molar-refractivity contribution in [2.24, 2.45) is 0 Å². The molecular weight excluding hydrogens is 370 g/mol. The topological polar surface area (TPSA) is 70.2 Å². The first-order chi connectivity index (χ1) is 13.6. The Labute approximate surface area is 169 Å². The summed E-state index contributed by atoms with van der Waals surface area (Å²) in [6.07, 6.45) is 3.43. The van der Waals surface area contributed by atoms with Crippen LogP contribution in [0.25, 0.3) is 10.2 Å². The van der Waals surface area contributed by atoms with Gasteiger partial charge >= 0.3 is 6.03 Å². The van der Waals surface area contributed by atoms with Crippen molar-refractivity contribution in [1.82, 2.24) is 15.3 Å². The second-order valence-electron chi connectivity index (χ2n) is 7.47. The molecule has 0 atom stereocenters. The molecule has 1 saturated heterocycles. The molecule has 4 rings (SSSR count). The van der Waals surface area contributed by atoms with Crippen LogP contribution >= 0.6 is 11.3 Å². The highest BCUT2D eigenvalue weighted by Crippen LogP contribution is 2.28. The molecule has 0 bridgehead atoms. The molecule has 2 amide bonds. The summed E-state index contributed by atoms with van der Waals surface area (Å²) >= 11 is 1.63. The number of fused-ring (bicyclic) bond motifs is 1. The summed E-state index contributed by atoms with van der Waals surface area (Å²) in [5.41, 5.74) is 2.09. The number of rotatable bonds is 4. The van der Waals surface area contributed by atoms with Gasteiger partial charge in [-0.3, -0.25) is 0 Å². The van der Waals surface area contributed by atoms with E-state index in [2.05, 4.69) is 62.9 Å². The summed E-state index contributed by atoms with van der Waals surface area (Å²) in [6.45, 7) is 6.06. The minimum Gasteiger partial charge on any atom is -0.356 e. The number of urea groups is 1. The Morgan fingerprint density at radius 1 is 1.14 bits per heavy atom. The van der Waals surface area contributed by atoms with E-state index in [1.165, 1.54) is 5.56 Å². The second kappa shape index (κ2) is 8.14. The zero-order chi connectivity index (χ0) is 19.5. The maximum atomic E-state index is 12.3. The lowest BCUT2D eigenvalue weighted by Gasteiger charge is -2.33. The lowest BCUT2D eigenvalue weighted by molar-refractivity contribution is 0.246. The van der Waals surface area contributed by atoms with Crippen molar-refractivity contribution in [2.45, 2.75) is 38.6 Å². The van der Waals surface area contributed by atoms with Crippen LogP contribution in [0.1, 0.15) is 38.2 Å². The van der Waals surface area contributed by atoms with Crippen molar-refractivity contribution in [3.63, 3.8) is 0 Å². The average Bonchev–Trinajstić information content (AvgIpc) is 3.18. The van der Waals surface area contributed by atoms with Crippen LogP contribution in [0.2, 0.25) is 0 Å². The number of piperidine rings is 1. The normalized spacial score (nSPS) is 15.2. The van der Waals surface area contributed by atoms with Gasteiger partial charge in [-0.25, -0.2) is 14.8 Å². The van der Waals surface area contributed by atoms with E-state index in [1.807, 2.05) is 12.1 Å². The third kappa shape index (κ3) is 4.09. The van der Waals surface area contributed by atoms with Gasteiger partial charge < -0.3 is 15.5 Å². The smallest absolute Gasteiger partial charge is 0.319 e. The van der Waals surface area contributed by atoms with Crippen molar-refractivity contribution in [1.29, 1.82) is 0 Å². The Kier molecular flexibility index (Phi) is 5.43. The van der Waals surface area contributed by atoms with E-state index < -0.39 is 0 Å². The zero-order valence-electron chi connectivity index (χ0n) is 16.2. The molecule has 1 fully saturated rings. The number of nitrogens with zero attached hydrogens (tertiary/aromatic N) is 3. The van der Waals surface area contributed by atoms with Gasteiger partial charge in [-0.1, -0.05) is 26.0 Å². The van der Waals surface area contributed by atoms with Gasteiger partial charge in [-0.05, 0) is 47.9 Å². The van der Waals surface area contributed by atoms with Crippen LogP contribution < -0.4 is 15.5 Å². The standard InChI is InChI=1S/C21H25N5OS/c1-14(2)15-3-5-16(6-4-15)24-21(27)25-17-7-10-26(11-8-17)19-18-9-12-28-20(18)23-13-22-19/h3-6,9,12-14,17H,7-8,10-11H2,1-2H3,(H2,24,25,27). The van der Waals surface area contributed by atoms with E-state index in [9.17, 15) is 4.79 Å². The summed E-state index contributed by atoms with van der Waals surface area (Å²) in [7, 11) is 0. The molecule has 0 spiro atoms. The molecule has 2 N–H and O–H groups in total. The Bertz CT molecular complexity index is 945. The molecular formula is C21H25N5OS. The number of thiophene rings is 1. The summed E-state index contributed by atoms with van der Waals surface area (Å²) in [5.74, 6) is 1.48. The average molecular weight is 396 g/mol. The number of anilines is 2. The van der Waals surface area contributed by atoms with Crippen molar-refractivity contribution in [3.8, 4) is 0 Å². The first-order valence-electron chi connectivity index (χ1n) is 9.71. The highest BCUT2D eigenvalue weighted by molar-refractivity contribution is 7.16. The SMILES string of the molecule is CC(C)c1ccc(NC(=O)NC2CCN(c3ncnc4sccc34)CC2)cc1. The molecule has 146 valence electrons. The van der Waals surface area contributed by atoms with Gasteiger partial charge in [0.05, 0.1) is 5.39 Å². The Morgan fingerprint density at radius 2 is 1.89 bits per heavy atom. The molecule has 1 aliphatic heterocycles. The third-order valence-corrected chi connectivity index (χ3v) is 6.03. The molecule has 0 saturated carbocycles. The number of nitrogens with one attached hydrogen (secondary N) is 2. The van der Waals surface area contributed by atoms with E-state index >= 15 is 0 Å². The summed E-state index contributed by atoms with van der Waals surface area (Å²) in [6, 6.07) is 10.1. The molecule has 0 radical (unpaired) electrons. The Hall–Kier alpha value is -2.67. The molecule has 1 aromatic carbocycles. The first kappa shape index (κ1) is 18.7. The van der Waals surface area contributed by atoms with Crippen LogP contribution in [0.4, 0.5) is 16.3 Å². The Balaban J connectivity index is 1.30. The molecule has 7 heteroatoms. The first-order valence-corrected chi connectivity index (χ1v) is 10.6. The number of hydrogen-bond donors (Lipinski definition) is 2. The third-order valence-electron chi connectivity index (χ3n) is 5.21. The van der Waals surface area contributed by atoms with Crippen molar-refractivity contribution in [2.75, 3.05) is 23.3 Å². The van der Waals surface area contributed by atoms with Crippen LogP contribution in [0.15, 0.2) is 42.0 Å². The van der Waals surface area contributed by atoms with Crippen molar-refractivity contribution >= 4 is 39.1 Å². The molecule has 3 heterocycles. The monoisotopic (exact) mass is 395 g/mol.